The summed E-state index contributed by atoms with van der Waals surface area (Å²) in [4.78, 5) is 4.88. The number of rotatable bonds is 2. The third kappa shape index (κ3) is 2.58. The van der Waals surface area contributed by atoms with Gasteiger partial charge >= 0.3 is 0 Å². The largest absolute Gasteiger partial charge is 0.369 e. The summed E-state index contributed by atoms with van der Waals surface area (Å²) >= 11 is 3.50. The zero-order valence-electron chi connectivity index (χ0n) is 10.0. The maximum absolute atomic E-state index is 3.50. The Morgan fingerprint density at radius 3 is 2.44 bits per heavy atom. The number of hydrogen-bond acceptors (Lipinski definition) is 2. The summed E-state index contributed by atoms with van der Waals surface area (Å²) in [6.07, 6.45) is 0. The normalized spacial score (nSPS) is 17.8. The van der Waals surface area contributed by atoms with Crippen LogP contribution in [-0.2, 0) is 5.33 Å². The highest BCUT2D eigenvalue weighted by atomic mass is 79.9. The Bertz CT molecular complexity index is 357. The summed E-state index contributed by atoms with van der Waals surface area (Å²) < 4.78 is 0. The molecule has 16 heavy (non-hydrogen) atoms. The van der Waals surface area contributed by atoms with E-state index in [4.69, 9.17) is 0 Å². The molecule has 0 saturated carbocycles. The van der Waals surface area contributed by atoms with Crippen LogP contribution in [0.5, 0.6) is 0 Å². The van der Waals surface area contributed by atoms with Crippen LogP contribution in [-0.4, -0.2) is 38.1 Å². The van der Waals surface area contributed by atoms with Gasteiger partial charge in [0, 0.05) is 37.2 Å². The molecule has 0 N–H and O–H groups in total. The minimum Gasteiger partial charge on any atom is -0.369 e. The topological polar surface area (TPSA) is 6.48 Å². The fourth-order valence-corrected chi connectivity index (χ4v) is 2.55. The summed E-state index contributed by atoms with van der Waals surface area (Å²) in [5, 5.41) is 0.941. The average molecular weight is 283 g/mol. The predicted molar refractivity (Wildman–Crippen MR) is 73.5 cm³/mol. The molecule has 0 bridgehead atoms. The van der Waals surface area contributed by atoms with Crippen LogP contribution in [0.15, 0.2) is 18.2 Å². The van der Waals surface area contributed by atoms with Crippen molar-refractivity contribution in [2.24, 2.45) is 0 Å². The van der Waals surface area contributed by atoms with E-state index in [2.05, 4.69) is 57.9 Å². The van der Waals surface area contributed by atoms with Crippen LogP contribution in [0.2, 0.25) is 0 Å². The third-order valence-electron chi connectivity index (χ3n) is 3.26. The predicted octanol–water partition coefficient (Wildman–Crippen LogP) is 2.64. The fourth-order valence-electron chi connectivity index (χ4n) is 2.20. The van der Waals surface area contributed by atoms with Gasteiger partial charge in [-0.3, -0.25) is 0 Å². The molecule has 1 aromatic carbocycles. The van der Waals surface area contributed by atoms with Gasteiger partial charge in [-0.25, -0.2) is 0 Å². The first-order valence-electron chi connectivity index (χ1n) is 5.79. The summed E-state index contributed by atoms with van der Waals surface area (Å²) in [6, 6.07) is 6.76. The lowest BCUT2D eigenvalue weighted by Crippen LogP contribution is -2.44. The van der Waals surface area contributed by atoms with Gasteiger partial charge in [0.1, 0.15) is 0 Å². The Balaban J connectivity index is 2.14. The SMILES string of the molecule is Cc1cc(CBr)ccc1N1CCN(C)CC1. The van der Waals surface area contributed by atoms with Crippen LogP contribution in [0.3, 0.4) is 0 Å². The van der Waals surface area contributed by atoms with Crippen molar-refractivity contribution in [3.63, 3.8) is 0 Å². The van der Waals surface area contributed by atoms with Gasteiger partial charge in [-0.05, 0) is 31.2 Å². The van der Waals surface area contributed by atoms with Crippen molar-refractivity contribution in [1.82, 2.24) is 4.90 Å². The van der Waals surface area contributed by atoms with E-state index in [-0.39, 0.29) is 0 Å². The highest BCUT2D eigenvalue weighted by Gasteiger charge is 2.15. The fraction of sp³-hybridized carbons (Fsp3) is 0.538. The maximum atomic E-state index is 3.50. The molecule has 1 aliphatic rings. The zero-order valence-corrected chi connectivity index (χ0v) is 11.6. The molecule has 2 nitrogen and oxygen atoms in total. The molecule has 88 valence electrons. The molecular formula is C13H19BrN2. The number of likely N-dealkylation sites (N-methyl/N-ethyl adjacent to an activating group) is 1. The molecule has 0 spiro atoms. The summed E-state index contributed by atoms with van der Waals surface area (Å²) in [7, 11) is 2.19. The second-order valence-electron chi connectivity index (χ2n) is 4.54. The lowest BCUT2D eigenvalue weighted by molar-refractivity contribution is 0.312. The van der Waals surface area contributed by atoms with Gasteiger partial charge in [0.25, 0.3) is 0 Å². The first-order chi connectivity index (χ1) is 7.70. The van der Waals surface area contributed by atoms with Crippen LogP contribution in [0.1, 0.15) is 11.1 Å². The Hall–Kier alpha value is -0.540. The molecule has 0 radical (unpaired) electrons. The molecule has 0 atom stereocenters. The number of piperazine rings is 1. The van der Waals surface area contributed by atoms with Gasteiger partial charge in [0.05, 0.1) is 0 Å². The number of nitrogens with zero attached hydrogens (tertiary/aromatic N) is 2. The number of alkyl halides is 1. The summed E-state index contributed by atoms with van der Waals surface area (Å²) in [5.74, 6) is 0. The van der Waals surface area contributed by atoms with Crippen LogP contribution >= 0.6 is 15.9 Å². The van der Waals surface area contributed by atoms with Crippen molar-refractivity contribution in [2.75, 3.05) is 38.1 Å². The van der Waals surface area contributed by atoms with Crippen LogP contribution < -0.4 is 4.90 Å². The summed E-state index contributed by atoms with van der Waals surface area (Å²) in [6.45, 7) is 6.83. The molecule has 0 aromatic heterocycles. The van der Waals surface area contributed by atoms with Crippen LogP contribution in [0, 0.1) is 6.92 Å². The standard InChI is InChI=1S/C13H19BrN2/c1-11-9-12(10-14)3-4-13(11)16-7-5-15(2)6-8-16/h3-4,9H,5-8,10H2,1-2H3. The van der Waals surface area contributed by atoms with E-state index >= 15 is 0 Å². The first kappa shape index (κ1) is 11.9. The number of hydrogen-bond donors (Lipinski definition) is 0. The van der Waals surface area contributed by atoms with Crippen LogP contribution in [0.4, 0.5) is 5.69 Å². The molecule has 2 rings (SSSR count). The monoisotopic (exact) mass is 282 g/mol. The highest BCUT2D eigenvalue weighted by Crippen LogP contribution is 2.23. The summed E-state index contributed by atoms with van der Waals surface area (Å²) in [5.41, 5.74) is 4.15. The van der Waals surface area contributed by atoms with Crippen molar-refractivity contribution in [1.29, 1.82) is 0 Å². The lowest BCUT2D eigenvalue weighted by atomic mass is 10.1. The molecule has 1 saturated heterocycles. The first-order valence-corrected chi connectivity index (χ1v) is 6.92. The van der Waals surface area contributed by atoms with E-state index in [1.807, 2.05) is 0 Å². The second-order valence-corrected chi connectivity index (χ2v) is 5.11. The molecule has 1 fully saturated rings. The van der Waals surface area contributed by atoms with Crippen LogP contribution in [0.25, 0.3) is 0 Å². The van der Waals surface area contributed by atoms with Crippen molar-refractivity contribution >= 4 is 21.6 Å². The van der Waals surface area contributed by atoms with Crippen molar-refractivity contribution in [3.05, 3.63) is 29.3 Å². The molecule has 0 aliphatic carbocycles. The van der Waals surface area contributed by atoms with Gasteiger partial charge in [0.15, 0.2) is 0 Å². The minimum atomic E-state index is 0.941. The van der Waals surface area contributed by atoms with E-state index in [1.54, 1.807) is 0 Å². The van der Waals surface area contributed by atoms with Crippen molar-refractivity contribution in [2.45, 2.75) is 12.3 Å². The molecule has 3 heteroatoms. The maximum Gasteiger partial charge on any atom is 0.0397 e. The zero-order chi connectivity index (χ0) is 11.5. The molecule has 0 unspecified atom stereocenters. The Morgan fingerprint density at radius 1 is 1.19 bits per heavy atom. The Kier molecular flexibility index (Phi) is 3.87. The smallest absolute Gasteiger partial charge is 0.0397 e. The Labute approximate surface area is 106 Å². The van der Waals surface area contributed by atoms with E-state index < -0.39 is 0 Å². The minimum absolute atomic E-state index is 0.941. The molecular weight excluding hydrogens is 264 g/mol. The Morgan fingerprint density at radius 2 is 1.88 bits per heavy atom. The molecule has 1 aromatic rings. The van der Waals surface area contributed by atoms with E-state index in [0.29, 0.717) is 0 Å². The molecule has 0 amide bonds. The van der Waals surface area contributed by atoms with E-state index in [9.17, 15) is 0 Å². The number of halogens is 1. The van der Waals surface area contributed by atoms with Gasteiger partial charge in [0.2, 0.25) is 0 Å². The average Bonchev–Trinajstić information content (AvgIpc) is 2.30. The van der Waals surface area contributed by atoms with E-state index in [1.165, 1.54) is 29.9 Å². The highest BCUT2D eigenvalue weighted by molar-refractivity contribution is 9.08. The molecule has 1 heterocycles. The molecule has 1 aliphatic heterocycles. The number of aryl methyl sites for hydroxylation is 1. The lowest BCUT2D eigenvalue weighted by Gasteiger charge is -2.35. The number of anilines is 1. The van der Waals surface area contributed by atoms with Gasteiger partial charge in [-0.15, -0.1) is 0 Å². The van der Waals surface area contributed by atoms with E-state index in [0.717, 1.165) is 18.4 Å². The number of benzene rings is 1. The van der Waals surface area contributed by atoms with Crippen molar-refractivity contribution < 1.29 is 0 Å². The van der Waals surface area contributed by atoms with Gasteiger partial charge < -0.3 is 9.80 Å². The second kappa shape index (κ2) is 5.19. The quantitative estimate of drug-likeness (QED) is 0.770. The van der Waals surface area contributed by atoms with Gasteiger partial charge in [-0.1, -0.05) is 28.1 Å². The van der Waals surface area contributed by atoms with Gasteiger partial charge in [-0.2, -0.15) is 0 Å². The van der Waals surface area contributed by atoms with Crippen molar-refractivity contribution in [3.8, 4) is 0 Å². The third-order valence-corrected chi connectivity index (χ3v) is 3.91.